The maximum Gasteiger partial charge on any atom is 0.257 e. The molecule has 0 radical (unpaired) electrons. The standard InChI is InChI=1S/C28H30ClN3O4/c1-2-34-25-10-5-6-11-26(25)35-19-18-32-24-9-4-3-8-23(24)31-27(32)12-7-17-30-28(33)20-36-22-15-13-21(29)14-16-22/h3-6,8-11,13-16H,2,7,12,17-20H2,1H3,(H,30,33). The van der Waals surface area contributed by atoms with Crippen LogP contribution in [0.5, 0.6) is 17.2 Å². The lowest BCUT2D eigenvalue weighted by molar-refractivity contribution is -0.123. The van der Waals surface area contributed by atoms with E-state index in [1.807, 2.05) is 49.4 Å². The van der Waals surface area contributed by atoms with E-state index in [4.69, 9.17) is 30.8 Å². The Balaban J connectivity index is 1.29. The minimum Gasteiger partial charge on any atom is -0.490 e. The van der Waals surface area contributed by atoms with Gasteiger partial charge in [-0.1, -0.05) is 35.9 Å². The minimum atomic E-state index is -0.167. The maximum absolute atomic E-state index is 12.1. The van der Waals surface area contributed by atoms with Gasteiger partial charge in [0.1, 0.15) is 18.2 Å². The molecule has 1 heterocycles. The van der Waals surface area contributed by atoms with E-state index in [2.05, 4.69) is 16.0 Å². The quantitative estimate of drug-likeness (QED) is 0.249. The molecule has 0 aliphatic rings. The lowest BCUT2D eigenvalue weighted by Crippen LogP contribution is -2.30. The molecule has 36 heavy (non-hydrogen) atoms. The zero-order chi connectivity index (χ0) is 25.2. The minimum absolute atomic E-state index is 0.0410. The molecule has 0 spiro atoms. The Bertz CT molecular complexity index is 1270. The number of nitrogens with zero attached hydrogens (tertiary/aromatic N) is 2. The van der Waals surface area contributed by atoms with Gasteiger partial charge in [-0.2, -0.15) is 0 Å². The molecular formula is C28H30ClN3O4. The molecule has 8 heteroatoms. The third-order valence-corrected chi connectivity index (χ3v) is 5.79. The van der Waals surface area contributed by atoms with E-state index in [1.54, 1.807) is 24.3 Å². The number of carbonyl (C=O) groups is 1. The number of hydrogen-bond acceptors (Lipinski definition) is 5. The van der Waals surface area contributed by atoms with E-state index in [0.29, 0.717) is 37.1 Å². The fraction of sp³-hybridized carbons (Fsp3) is 0.286. The average Bonchev–Trinajstić information content (AvgIpc) is 3.25. The molecule has 1 N–H and O–H groups in total. The highest BCUT2D eigenvalue weighted by atomic mass is 35.5. The average molecular weight is 508 g/mol. The first kappa shape index (κ1) is 25.4. The molecule has 7 nitrogen and oxygen atoms in total. The van der Waals surface area contributed by atoms with Gasteiger partial charge in [-0.05, 0) is 61.9 Å². The molecule has 4 aromatic rings. The van der Waals surface area contributed by atoms with Gasteiger partial charge in [0.25, 0.3) is 5.91 Å². The summed E-state index contributed by atoms with van der Waals surface area (Å²) in [6, 6.07) is 22.7. The van der Waals surface area contributed by atoms with Crippen LogP contribution in [0.1, 0.15) is 19.2 Å². The Hall–Kier alpha value is -3.71. The van der Waals surface area contributed by atoms with Gasteiger partial charge >= 0.3 is 0 Å². The SMILES string of the molecule is CCOc1ccccc1OCCn1c(CCCNC(=O)COc2ccc(Cl)cc2)nc2ccccc21. The Morgan fingerprint density at radius 3 is 2.44 bits per heavy atom. The monoisotopic (exact) mass is 507 g/mol. The molecule has 1 aromatic heterocycles. The number of para-hydroxylation sites is 4. The number of aromatic nitrogens is 2. The van der Waals surface area contributed by atoms with Crippen molar-refractivity contribution in [2.45, 2.75) is 26.3 Å². The zero-order valence-electron chi connectivity index (χ0n) is 20.3. The normalized spacial score (nSPS) is 10.8. The first-order chi connectivity index (χ1) is 17.6. The molecule has 3 aromatic carbocycles. The molecule has 0 aliphatic heterocycles. The van der Waals surface area contributed by atoms with E-state index in [1.165, 1.54) is 0 Å². The summed E-state index contributed by atoms with van der Waals surface area (Å²) in [5.41, 5.74) is 2.01. The van der Waals surface area contributed by atoms with Crippen LogP contribution in [0.3, 0.4) is 0 Å². The summed E-state index contributed by atoms with van der Waals surface area (Å²) in [6.07, 6.45) is 1.48. The van der Waals surface area contributed by atoms with Crippen LogP contribution < -0.4 is 19.5 Å². The summed E-state index contributed by atoms with van der Waals surface area (Å²) in [5, 5.41) is 3.53. The highest BCUT2D eigenvalue weighted by molar-refractivity contribution is 6.30. The number of benzene rings is 3. The molecule has 188 valence electrons. The predicted octanol–water partition coefficient (Wildman–Crippen LogP) is 5.30. The molecule has 0 saturated carbocycles. The topological polar surface area (TPSA) is 74.6 Å². The van der Waals surface area contributed by atoms with Gasteiger partial charge in [0.15, 0.2) is 18.1 Å². The van der Waals surface area contributed by atoms with Crippen molar-refractivity contribution in [2.75, 3.05) is 26.4 Å². The molecule has 4 rings (SSSR count). The van der Waals surface area contributed by atoms with Crippen LogP contribution in [0.25, 0.3) is 11.0 Å². The van der Waals surface area contributed by atoms with Gasteiger partial charge < -0.3 is 24.1 Å². The number of amides is 1. The molecule has 0 saturated heterocycles. The highest BCUT2D eigenvalue weighted by Crippen LogP contribution is 2.26. The molecule has 0 fully saturated rings. The van der Waals surface area contributed by atoms with Gasteiger partial charge in [0, 0.05) is 18.0 Å². The van der Waals surface area contributed by atoms with E-state index in [9.17, 15) is 4.79 Å². The Labute approximate surface area is 216 Å². The van der Waals surface area contributed by atoms with E-state index < -0.39 is 0 Å². The second-order valence-electron chi connectivity index (χ2n) is 8.09. The van der Waals surface area contributed by atoms with Gasteiger partial charge in [0.05, 0.1) is 24.2 Å². The second-order valence-corrected chi connectivity index (χ2v) is 8.53. The summed E-state index contributed by atoms with van der Waals surface area (Å²) in [4.78, 5) is 17.0. The third-order valence-electron chi connectivity index (χ3n) is 5.54. The van der Waals surface area contributed by atoms with Gasteiger partial charge in [0.2, 0.25) is 0 Å². The third kappa shape index (κ3) is 6.92. The summed E-state index contributed by atoms with van der Waals surface area (Å²) in [5.74, 6) is 2.87. The van der Waals surface area contributed by atoms with Crippen LogP contribution in [0, 0.1) is 0 Å². The van der Waals surface area contributed by atoms with Crippen molar-refractivity contribution in [1.29, 1.82) is 0 Å². The smallest absolute Gasteiger partial charge is 0.257 e. The number of halogens is 1. The van der Waals surface area contributed by atoms with Crippen molar-refractivity contribution in [1.82, 2.24) is 14.9 Å². The zero-order valence-corrected chi connectivity index (χ0v) is 21.0. The molecule has 1 amide bonds. The second kappa shape index (κ2) is 12.8. The summed E-state index contributed by atoms with van der Waals surface area (Å²) in [7, 11) is 0. The van der Waals surface area contributed by atoms with Crippen LogP contribution in [0.4, 0.5) is 0 Å². The Morgan fingerprint density at radius 2 is 1.67 bits per heavy atom. The number of nitrogens with one attached hydrogen (secondary N) is 1. The molecule has 0 bridgehead atoms. The number of imidazole rings is 1. The van der Waals surface area contributed by atoms with Crippen LogP contribution in [0.15, 0.2) is 72.8 Å². The van der Waals surface area contributed by atoms with Crippen LogP contribution in [-0.4, -0.2) is 41.8 Å². The van der Waals surface area contributed by atoms with E-state index in [0.717, 1.165) is 41.2 Å². The molecule has 0 aliphatic carbocycles. The van der Waals surface area contributed by atoms with E-state index in [-0.39, 0.29) is 12.5 Å². The first-order valence-electron chi connectivity index (χ1n) is 12.1. The molecule has 0 unspecified atom stereocenters. The van der Waals surface area contributed by atoms with Crippen molar-refractivity contribution in [3.8, 4) is 17.2 Å². The van der Waals surface area contributed by atoms with Crippen LogP contribution >= 0.6 is 11.6 Å². The van der Waals surface area contributed by atoms with Gasteiger partial charge in [-0.25, -0.2) is 4.98 Å². The van der Waals surface area contributed by atoms with Crippen LogP contribution in [-0.2, 0) is 17.8 Å². The Morgan fingerprint density at radius 1 is 0.944 bits per heavy atom. The first-order valence-corrected chi connectivity index (χ1v) is 12.5. The maximum atomic E-state index is 12.1. The fourth-order valence-corrected chi connectivity index (χ4v) is 3.99. The van der Waals surface area contributed by atoms with Crippen molar-refractivity contribution in [3.63, 3.8) is 0 Å². The van der Waals surface area contributed by atoms with Crippen molar-refractivity contribution in [3.05, 3.63) is 83.6 Å². The lowest BCUT2D eigenvalue weighted by atomic mass is 10.3. The summed E-state index contributed by atoms with van der Waals surface area (Å²) < 4.78 is 19.4. The summed E-state index contributed by atoms with van der Waals surface area (Å²) in [6.45, 7) is 4.16. The van der Waals surface area contributed by atoms with E-state index >= 15 is 0 Å². The van der Waals surface area contributed by atoms with Gasteiger partial charge in [-0.3, -0.25) is 4.79 Å². The number of carbonyl (C=O) groups excluding carboxylic acids is 1. The van der Waals surface area contributed by atoms with Crippen LogP contribution in [0.2, 0.25) is 5.02 Å². The predicted molar refractivity (Wildman–Crippen MR) is 141 cm³/mol. The number of aryl methyl sites for hydroxylation is 1. The largest absolute Gasteiger partial charge is 0.490 e. The highest BCUT2D eigenvalue weighted by Gasteiger charge is 2.12. The van der Waals surface area contributed by atoms with Gasteiger partial charge in [-0.15, -0.1) is 0 Å². The molecular weight excluding hydrogens is 478 g/mol. The van der Waals surface area contributed by atoms with Crippen molar-refractivity contribution in [2.24, 2.45) is 0 Å². The number of hydrogen-bond donors (Lipinski definition) is 1. The number of fused-ring (bicyclic) bond motifs is 1. The Kier molecular flexibility index (Phi) is 9.05. The van der Waals surface area contributed by atoms with Crippen molar-refractivity contribution < 1.29 is 19.0 Å². The number of rotatable bonds is 13. The lowest BCUT2D eigenvalue weighted by Gasteiger charge is -2.13. The number of ether oxygens (including phenoxy) is 3. The molecule has 0 atom stereocenters. The summed E-state index contributed by atoms with van der Waals surface area (Å²) >= 11 is 5.87. The van der Waals surface area contributed by atoms with Crippen molar-refractivity contribution >= 4 is 28.5 Å². The fourth-order valence-electron chi connectivity index (χ4n) is 3.86.